The van der Waals surface area contributed by atoms with Gasteiger partial charge in [-0.2, -0.15) is 0 Å². The van der Waals surface area contributed by atoms with Crippen LogP contribution in [-0.4, -0.2) is 157 Å². The lowest BCUT2D eigenvalue weighted by Crippen LogP contribution is -2.66. The molecule has 0 aromatic carbocycles. The number of rotatable bonds is 11. The predicted molar refractivity (Wildman–Crippen MR) is 113 cm³/mol. The summed E-state index contributed by atoms with van der Waals surface area (Å²) in [5.41, 5.74) is 0. The molecule has 16 nitrogen and oxygen atoms in total. The standard InChI is InChI=1S/C20H35NO15/c1-6-12(27)16(31)17(32)20(33-6)35-10(5-24)18(13(28)8(26)3-22)36-19-11(21-7(2)25)15(30)14(29)9(4-23)34-19/h5-6,8-20,22-23,26-32H,3-4H2,1-2H3,(H,21,25)/t6-,8-,9-,10+,11-,12+,13+,14+,15-,16+,17-,18-,19-,20-/m1/s1. The number of carbonyl (C=O) groups is 2. The zero-order valence-corrected chi connectivity index (χ0v) is 19.5. The van der Waals surface area contributed by atoms with Crippen molar-refractivity contribution in [2.24, 2.45) is 0 Å². The van der Waals surface area contributed by atoms with E-state index in [9.17, 15) is 55.5 Å². The maximum Gasteiger partial charge on any atom is 0.217 e. The summed E-state index contributed by atoms with van der Waals surface area (Å²) in [6.07, 6.45) is -22.2. The number of carbonyl (C=O) groups excluding carboxylic acids is 2. The van der Waals surface area contributed by atoms with Gasteiger partial charge < -0.3 is 75.0 Å². The minimum absolute atomic E-state index is 0.0845. The van der Waals surface area contributed by atoms with Crippen LogP contribution in [0.1, 0.15) is 13.8 Å². The molecule has 0 radical (unpaired) electrons. The molecule has 0 aromatic heterocycles. The summed E-state index contributed by atoms with van der Waals surface area (Å²) in [6, 6.07) is -1.50. The van der Waals surface area contributed by atoms with E-state index in [1.807, 2.05) is 0 Å². The summed E-state index contributed by atoms with van der Waals surface area (Å²) >= 11 is 0. The third-order valence-electron chi connectivity index (χ3n) is 6.02. The van der Waals surface area contributed by atoms with Gasteiger partial charge in [0.05, 0.1) is 19.3 Å². The fourth-order valence-electron chi connectivity index (χ4n) is 3.89. The van der Waals surface area contributed by atoms with E-state index in [0.717, 1.165) is 6.92 Å². The van der Waals surface area contributed by atoms with Gasteiger partial charge in [0, 0.05) is 6.92 Å². The number of nitrogens with one attached hydrogen (secondary N) is 1. The van der Waals surface area contributed by atoms with E-state index >= 15 is 0 Å². The highest BCUT2D eigenvalue weighted by Gasteiger charge is 2.50. The molecule has 2 fully saturated rings. The van der Waals surface area contributed by atoms with Crippen molar-refractivity contribution < 1.29 is 74.5 Å². The molecule has 0 aliphatic carbocycles. The molecule has 14 atom stereocenters. The maximum absolute atomic E-state index is 12.0. The molecule has 0 saturated carbocycles. The Morgan fingerprint density at radius 1 is 0.944 bits per heavy atom. The lowest BCUT2D eigenvalue weighted by Gasteiger charge is -2.45. The Balaban J connectivity index is 2.36. The van der Waals surface area contributed by atoms with E-state index in [1.54, 1.807) is 0 Å². The number of hydrogen-bond donors (Lipinski definition) is 10. The van der Waals surface area contributed by atoms with Crippen LogP contribution in [0.3, 0.4) is 0 Å². The molecular formula is C20H35NO15. The van der Waals surface area contributed by atoms with Crippen LogP contribution in [0.25, 0.3) is 0 Å². The second-order valence-electron chi connectivity index (χ2n) is 8.69. The maximum atomic E-state index is 12.0. The normalized spacial score (nSPS) is 40.6. The van der Waals surface area contributed by atoms with Crippen molar-refractivity contribution in [3.63, 3.8) is 0 Å². The summed E-state index contributed by atoms with van der Waals surface area (Å²) in [5.74, 6) is -0.693. The third kappa shape index (κ3) is 6.93. The van der Waals surface area contributed by atoms with Crippen LogP contribution >= 0.6 is 0 Å². The summed E-state index contributed by atoms with van der Waals surface area (Å²) < 4.78 is 21.7. The van der Waals surface area contributed by atoms with Gasteiger partial charge in [-0.1, -0.05) is 0 Å². The molecule has 0 bridgehead atoms. The number of aldehydes is 1. The Kier molecular flexibility index (Phi) is 11.5. The first kappa shape index (κ1) is 30.8. The second kappa shape index (κ2) is 13.4. The number of ether oxygens (including phenoxy) is 4. The van der Waals surface area contributed by atoms with Crippen LogP contribution in [0.15, 0.2) is 0 Å². The van der Waals surface area contributed by atoms with Gasteiger partial charge in [0.1, 0.15) is 67.1 Å². The average molecular weight is 529 g/mol. The van der Waals surface area contributed by atoms with Crippen molar-refractivity contribution in [2.75, 3.05) is 13.2 Å². The molecule has 210 valence electrons. The number of hydrogen-bond acceptors (Lipinski definition) is 15. The molecule has 16 heteroatoms. The minimum Gasteiger partial charge on any atom is -0.394 e. The first-order valence-corrected chi connectivity index (χ1v) is 11.2. The fourth-order valence-corrected chi connectivity index (χ4v) is 3.89. The molecule has 2 saturated heterocycles. The lowest BCUT2D eigenvalue weighted by molar-refractivity contribution is -0.329. The SMILES string of the molecule is CC(=O)N[C@H]1[C@@H](O[C@@H]([C@@H](O)[C@H](O)CO)[C@H](C=O)O[C@H]2O[C@H](C)[C@H](O)[C@H](O)[C@H]2O)O[C@H](CO)[C@H](O)[C@@H]1O. The van der Waals surface area contributed by atoms with Crippen molar-refractivity contribution in [3.8, 4) is 0 Å². The molecule has 10 N–H and O–H groups in total. The Labute approximate surface area is 205 Å². The zero-order chi connectivity index (χ0) is 27.3. The minimum atomic E-state index is -2.07. The van der Waals surface area contributed by atoms with Crippen molar-refractivity contribution in [1.29, 1.82) is 0 Å². The van der Waals surface area contributed by atoms with Gasteiger partial charge in [0.15, 0.2) is 18.9 Å². The second-order valence-corrected chi connectivity index (χ2v) is 8.69. The molecule has 2 aliphatic heterocycles. The molecule has 2 heterocycles. The predicted octanol–water partition coefficient (Wildman–Crippen LogP) is -6.56. The molecule has 0 spiro atoms. The van der Waals surface area contributed by atoms with E-state index in [1.165, 1.54) is 6.92 Å². The number of aliphatic hydroxyl groups excluding tert-OH is 9. The van der Waals surface area contributed by atoms with Gasteiger partial charge in [0.2, 0.25) is 5.91 Å². The van der Waals surface area contributed by atoms with Gasteiger partial charge in [-0.3, -0.25) is 4.79 Å². The smallest absolute Gasteiger partial charge is 0.217 e. The number of aliphatic hydroxyl groups is 9. The Morgan fingerprint density at radius 3 is 2.11 bits per heavy atom. The average Bonchev–Trinajstić information content (AvgIpc) is 2.85. The van der Waals surface area contributed by atoms with Crippen molar-refractivity contribution >= 4 is 12.2 Å². The van der Waals surface area contributed by atoms with E-state index < -0.39 is 105 Å². The Bertz CT molecular complexity index is 715. The van der Waals surface area contributed by atoms with Crippen LogP contribution in [-0.2, 0) is 28.5 Å². The van der Waals surface area contributed by atoms with E-state index in [0.29, 0.717) is 0 Å². The fraction of sp³-hybridized carbons (Fsp3) is 0.900. The van der Waals surface area contributed by atoms with Gasteiger partial charge in [-0.15, -0.1) is 0 Å². The van der Waals surface area contributed by atoms with Crippen LogP contribution in [0.5, 0.6) is 0 Å². The first-order chi connectivity index (χ1) is 16.9. The summed E-state index contributed by atoms with van der Waals surface area (Å²) in [6.45, 7) is 0.625. The van der Waals surface area contributed by atoms with Gasteiger partial charge in [-0.05, 0) is 6.92 Å². The van der Waals surface area contributed by atoms with Gasteiger partial charge in [-0.25, -0.2) is 0 Å². The van der Waals surface area contributed by atoms with Crippen molar-refractivity contribution in [3.05, 3.63) is 0 Å². The van der Waals surface area contributed by atoms with Crippen molar-refractivity contribution in [1.82, 2.24) is 5.32 Å². The molecule has 2 aliphatic rings. The van der Waals surface area contributed by atoms with Gasteiger partial charge in [0.25, 0.3) is 0 Å². The van der Waals surface area contributed by atoms with Crippen LogP contribution < -0.4 is 5.32 Å². The van der Waals surface area contributed by atoms with E-state index in [-0.39, 0.29) is 6.29 Å². The summed E-state index contributed by atoms with van der Waals surface area (Å²) in [4.78, 5) is 23.6. The molecule has 1 amide bonds. The quantitative estimate of drug-likeness (QED) is 0.111. The molecule has 36 heavy (non-hydrogen) atoms. The Morgan fingerprint density at radius 2 is 1.58 bits per heavy atom. The van der Waals surface area contributed by atoms with Crippen LogP contribution in [0, 0.1) is 0 Å². The monoisotopic (exact) mass is 529 g/mol. The summed E-state index contributed by atoms with van der Waals surface area (Å²) in [5, 5.41) is 92.3. The zero-order valence-electron chi connectivity index (χ0n) is 19.5. The van der Waals surface area contributed by atoms with E-state index in [4.69, 9.17) is 18.9 Å². The first-order valence-electron chi connectivity index (χ1n) is 11.2. The van der Waals surface area contributed by atoms with Crippen LogP contribution in [0.2, 0.25) is 0 Å². The van der Waals surface area contributed by atoms with E-state index in [2.05, 4.69) is 5.32 Å². The number of amides is 1. The highest BCUT2D eigenvalue weighted by Crippen LogP contribution is 2.28. The Hall–Kier alpha value is -1.38. The topological polar surface area (TPSA) is 265 Å². The molecule has 2 rings (SSSR count). The summed E-state index contributed by atoms with van der Waals surface area (Å²) in [7, 11) is 0. The molecule has 0 aromatic rings. The molecular weight excluding hydrogens is 494 g/mol. The van der Waals surface area contributed by atoms with Crippen molar-refractivity contribution in [2.45, 2.75) is 99.6 Å². The third-order valence-corrected chi connectivity index (χ3v) is 6.02. The highest BCUT2D eigenvalue weighted by atomic mass is 16.7. The van der Waals surface area contributed by atoms with Crippen LogP contribution in [0.4, 0.5) is 0 Å². The lowest BCUT2D eigenvalue weighted by atomic mass is 9.96. The largest absolute Gasteiger partial charge is 0.394 e. The highest BCUT2D eigenvalue weighted by molar-refractivity contribution is 5.73. The molecule has 0 unspecified atom stereocenters. The van der Waals surface area contributed by atoms with Gasteiger partial charge >= 0.3 is 0 Å².